The average Bonchev–Trinajstić information content (AvgIpc) is 2.54. The minimum atomic E-state index is -0.426. The summed E-state index contributed by atoms with van der Waals surface area (Å²) in [4.78, 5) is 14.2. The summed E-state index contributed by atoms with van der Waals surface area (Å²) in [7, 11) is 1.80. The van der Waals surface area contributed by atoms with Gasteiger partial charge in [0.25, 0.3) is 0 Å². The molecule has 0 aliphatic carbocycles. The second-order valence-corrected chi connectivity index (χ2v) is 5.37. The zero-order valence-electron chi connectivity index (χ0n) is 13.1. The van der Waals surface area contributed by atoms with Crippen LogP contribution in [0, 0.1) is 17.1 Å². The number of likely N-dealkylation sites (N-methyl/N-ethyl adjacent to an activating group) is 1. The van der Waals surface area contributed by atoms with E-state index in [0.717, 1.165) is 5.56 Å². The van der Waals surface area contributed by atoms with Crippen LogP contribution in [0.25, 0.3) is 0 Å². The molecule has 0 saturated heterocycles. The van der Waals surface area contributed by atoms with E-state index in [4.69, 9.17) is 5.26 Å². The van der Waals surface area contributed by atoms with Crippen molar-refractivity contribution < 1.29 is 9.18 Å². The van der Waals surface area contributed by atoms with Crippen molar-refractivity contribution in [2.24, 2.45) is 0 Å². The van der Waals surface area contributed by atoms with Crippen molar-refractivity contribution in [3.8, 4) is 6.07 Å². The average molecular weight is 311 g/mol. The summed E-state index contributed by atoms with van der Waals surface area (Å²) in [5, 5.41) is 11.8. The maximum absolute atomic E-state index is 13.2. The molecule has 0 aromatic heterocycles. The third-order valence-electron chi connectivity index (χ3n) is 3.67. The number of benzene rings is 2. The van der Waals surface area contributed by atoms with E-state index in [2.05, 4.69) is 5.32 Å². The fraction of sp³-hybridized carbons (Fsp3) is 0.222. The standard InChI is InChI=1S/C18H18FN3O/c1-13(22(2)12-14-6-5-8-16(19)10-14)18(23)21-17-9-4-3-7-15(17)11-20/h3-10,13H,12H2,1-2H3,(H,21,23)/t13-/m0/s1. The molecule has 0 heterocycles. The van der Waals surface area contributed by atoms with Gasteiger partial charge in [0.15, 0.2) is 0 Å². The highest BCUT2D eigenvalue weighted by Gasteiger charge is 2.19. The predicted molar refractivity (Wildman–Crippen MR) is 87.1 cm³/mol. The molecule has 0 aliphatic rings. The normalized spacial score (nSPS) is 11.8. The highest BCUT2D eigenvalue weighted by Crippen LogP contribution is 2.15. The summed E-state index contributed by atoms with van der Waals surface area (Å²) in [5.74, 6) is -0.512. The van der Waals surface area contributed by atoms with E-state index in [1.165, 1.54) is 12.1 Å². The van der Waals surface area contributed by atoms with Crippen LogP contribution in [0.5, 0.6) is 0 Å². The summed E-state index contributed by atoms with van der Waals surface area (Å²) in [6.07, 6.45) is 0. The van der Waals surface area contributed by atoms with Crippen LogP contribution in [0.4, 0.5) is 10.1 Å². The highest BCUT2D eigenvalue weighted by molar-refractivity contribution is 5.95. The Labute approximate surface area is 135 Å². The molecule has 0 bridgehead atoms. The molecule has 23 heavy (non-hydrogen) atoms. The molecule has 1 amide bonds. The molecule has 118 valence electrons. The van der Waals surface area contributed by atoms with Gasteiger partial charge in [-0.2, -0.15) is 5.26 Å². The van der Waals surface area contributed by atoms with Gasteiger partial charge in [0.2, 0.25) is 5.91 Å². The Kier molecular flexibility index (Phi) is 5.45. The number of nitrogens with zero attached hydrogens (tertiary/aromatic N) is 2. The molecular weight excluding hydrogens is 293 g/mol. The molecule has 2 aromatic rings. The van der Waals surface area contributed by atoms with Crippen LogP contribution >= 0.6 is 0 Å². The van der Waals surface area contributed by atoms with E-state index in [0.29, 0.717) is 17.8 Å². The topological polar surface area (TPSA) is 56.1 Å². The lowest BCUT2D eigenvalue weighted by molar-refractivity contribution is -0.120. The lowest BCUT2D eigenvalue weighted by Gasteiger charge is -2.24. The summed E-state index contributed by atoms with van der Waals surface area (Å²) < 4.78 is 13.2. The Balaban J connectivity index is 2.03. The Bertz CT molecular complexity index is 739. The molecule has 1 atom stereocenters. The first kappa shape index (κ1) is 16.7. The summed E-state index contributed by atoms with van der Waals surface area (Å²) in [6, 6.07) is 14.8. The lowest BCUT2D eigenvalue weighted by Crippen LogP contribution is -2.39. The molecular formula is C18H18FN3O. The van der Waals surface area contributed by atoms with Crippen molar-refractivity contribution in [1.29, 1.82) is 5.26 Å². The van der Waals surface area contributed by atoms with Gasteiger partial charge in [0.1, 0.15) is 11.9 Å². The Morgan fingerprint density at radius 1 is 1.30 bits per heavy atom. The van der Waals surface area contributed by atoms with Crippen LogP contribution in [0.15, 0.2) is 48.5 Å². The molecule has 0 aliphatic heterocycles. The van der Waals surface area contributed by atoms with Gasteiger partial charge in [-0.15, -0.1) is 0 Å². The molecule has 0 spiro atoms. The number of rotatable bonds is 5. The van der Waals surface area contributed by atoms with E-state index in [9.17, 15) is 9.18 Å². The quantitative estimate of drug-likeness (QED) is 0.923. The van der Waals surface area contributed by atoms with Gasteiger partial charge in [-0.3, -0.25) is 9.69 Å². The first-order chi connectivity index (χ1) is 11.0. The minimum Gasteiger partial charge on any atom is -0.324 e. The van der Waals surface area contributed by atoms with E-state index in [-0.39, 0.29) is 11.7 Å². The lowest BCUT2D eigenvalue weighted by atomic mass is 10.1. The van der Waals surface area contributed by atoms with Crippen LogP contribution < -0.4 is 5.32 Å². The third kappa shape index (κ3) is 4.38. The highest BCUT2D eigenvalue weighted by atomic mass is 19.1. The predicted octanol–water partition coefficient (Wildman–Crippen LogP) is 3.16. The van der Waals surface area contributed by atoms with Crippen molar-refractivity contribution in [3.05, 3.63) is 65.5 Å². The number of amides is 1. The molecule has 2 aromatic carbocycles. The molecule has 0 fully saturated rings. The fourth-order valence-corrected chi connectivity index (χ4v) is 2.19. The van der Waals surface area contributed by atoms with Crippen molar-refractivity contribution >= 4 is 11.6 Å². The van der Waals surface area contributed by atoms with E-state index in [1.807, 2.05) is 17.0 Å². The maximum Gasteiger partial charge on any atom is 0.241 e. The van der Waals surface area contributed by atoms with Crippen LogP contribution in [-0.2, 0) is 11.3 Å². The maximum atomic E-state index is 13.2. The van der Waals surface area contributed by atoms with Crippen LogP contribution in [0.2, 0.25) is 0 Å². The molecule has 1 N–H and O–H groups in total. The molecule has 0 saturated carbocycles. The number of hydrogen-bond acceptors (Lipinski definition) is 3. The molecule has 5 heteroatoms. The number of halogens is 1. The minimum absolute atomic E-state index is 0.216. The van der Waals surface area contributed by atoms with Crippen molar-refractivity contribution in [3.63, 3.8) is 0 Å². The second kappa shape index (κ2) is 7.52. The van der Waals surface area contributed by atoms with Crippen LogP contribution in [0.1, 0.15) is 18.1 Å². The Morgan fingerprint density at radius 3 is 2.74 bits per heavy atom. The Morgan fingerprint density at radius 2 is 2.04 bits per heavy atom. The summed E-state index contributed by atoms with van der Waals surface area (Å²) in [5.41, 5.74) is 1.71. The monoisotopic (exact) mass is 311 g/mol. The van der Waals surface area contributed by atoms with Gasteiger partial charge in [-0.05, 0) is 43.8 Å². The zero-order chi connectivity index (χ0) is 16.8. The van der Waals surface area contributed by atoms with Gasteiger partial charge in [0, 0.05) is 6.54 Å². The molecule has 4 nitrogen and oxygen atoms in total. The van der Waals surface area contributed by atoms with Crippen LogP contribution in [0.3, 0.4) is 0 Å². The van der Waals surface area contributed by atoms with Gasteiger partial charge in [0.05, 0.1) is 17.3 Å². The van der Waals surface area contributed by atoms with Gasteiger partial charge >= 0.3 is 0 Å². The zero-order valence-corrected chi connectivity index (χ0v) is 13.1. The number of carbonyl (C=O) groups is 1. The van der Waals surface area contributed by atoms with Gasteiger partial charge < -0.3 is 5.32 Å². The SMILES string of the molecule is C[C@@H](C(=O)Nc1ccccc1C#N)N(C)Cc1cccc(F)c1. The summed E-state index contributed by atoms with van der Waals surface area (Å²) >= 11 is 0. The second-order valence-electron chi connectivity index (χ2n) is 5.37. The molecule has 0 unspecified atom stereocenters. The smallest absolute Gasteiger partial charge is 0.241 e. The number of nitriles is 1. The number of anilines is 1. The number of para-hydroxylation sites is 1. The first-order valence-corrected chi connectivity index (χ1v) is 7.26. The van der Waals surface area contributed by atoms with Crippen LogP contribution in [-0.4, -0.2) is 23.9 Å². The number of nitrogens with one attached hydrogen (secondary N) is 1. The van der Waals surface area contributed by atoms with Crippen molar-refractivity contribution in [2.75, 3.05) is 12.4 Å². The van der Waals surface area contributed by atoms with Gasteiger partial charge in [-0.25, -0.2) is 4.39 Å². The molecule has 0 radical (unpaired) electrons. The summed E-state index contributed by atoms with van der Waals surface area (Å²) in [6.45, 7) is 2.22. The largest absolute Gasteiger partial charge is 0.324 e. The fourth-order valence-electron chi connectivity index (χ4n) is 2.19. The Hall–Kier alpha value is -2.71. The van der Waals surface area contributed by atoms with Crippen molar-refractivity contribution in [2.45, 2.75) is 19.5 Å². The third-order valence-corrected chi connectivity index (χ3v) is 3.67. The van der Waals surface area contributed by atoms with E-state index in [1.54, 1.807) is 44.3 Å². The van der Waals surface area contributed by atoms with E-state index < -0.39 is 6.04 Å². The van der Waals surface area contributed by atoms with Gasteiger partial charge in [-0.1, -0.05) is 24.3 Å². The first-order valence-electron chi connectivity index (χ1n) is 7.26. The molecule has 2 rings (SSSR count). The van der Waals surface area contributed by atoms with Crippen molar-refractivity contribution in [1.82, 2.24) is 4.90 Å². The van der Waals surface area contributed by atoms with E-state index >= 15 is 0 Å². The number of hydrogen-bond donors (Lipinski definition) is 1. The number of carbonyl (C=O) groups excluding carboxylic acids is 1.